The van der Waals surface area contributed by atoms with Crippen LogP contribution in [0.2, 0.25) is 0 Å². The minimum Gasteiger partial charge on any atom is -0.268 e. The van der Waals surface area contributed by atoms with Gasteiger partial charge in [-0.15, -0.1) is 10.2 Å². The second-order valence-corrected chi connectivity index (χ2v) is 2.60. The third-order valence-corrected chi connectivity index (χ3v) is 1.84. The lowest BCUT2D eigenvalue weighted by Crippen LogP contribution is -1.91. The summed E-state index contributed by atoms with van der Waals surface area (Å²) in [5, 5.41) is 7.51. The summed E-state index contributed by atoms with van der Waals surface area (Å²) in [6.07, 6.45) is 6.06. The largest absolute Gasteiger partial charge is 0.268 e. The van der Waals surface area contributed by atoms with Gasteiger partial charge in [-0.25, -0.2) is 9.97 Å². The van der Waals surface area contributed by atoms with Gasteiger partial charge in [-0.3, -0.25) is 4.40 Å². The monoisotopic (exact) mass is 170 g/mol. The summed E-state index contributed by atoms with van der Waals surface area (Å²) in [4.78, 5) is 8.23. The van der Waals surface area contributed by atoms with E-state index in [1.165, 1.54) is 0 Å². The Hall–Kier alpha value is -2.04. The van der Waals surface area contributed by atoms with Crippen molar-refractivity contribution >= 4 is 16.8 Å². The Morgan fingerprint density at radius 1 is 1.31 bits per heavy atom. The van der Waals surface area contributed by atoms with Gasteiger partial charge < -0.3 is 0 Å². The van der Waals surface area contributed by atoms with Crippen LogP contribution in [0.15, 0.2) is 24.5 Å². The van der Waals surface area contributed by atoms with Gasteiger partial charge >= 0.3 is 0 Å². The van der Waals surface area contributed by atoms with Crippen molar-refractivity contribution in [1.82, 2.24) is 24.6 Å². The normalized spacial score (nSPS) is 11.1. The molecule has 3 heterocycles. The van der Waals surface area contributed by atoms with Crippen molar-refractivity contribution in [1.29, 1.82) is 0 Å². The zero-order chi connectivity index (χ0) is 8.67. The number of nitrogens with zero attached hydrogens (tertiary/aromatic N) is 5. The molecule has 0 fully saturated rings. The molecule has 0 atom stereocenters. The molecule has 61 valence electrons. The van der Waals surface area contributed by atoms with Crippen LogP contribution in [-0.4, -0.2) is 24.6 Å². The van der Waals surface area contributed by atoms with Gasteiger partial charge in [0, 0.05) is 6.20 Å². The van der Waals surface area contributed by atoms with Crippen LogP contribution in [0.25, 0.3) is 16.8 Å². The van der Waals surface area contributed by atoms with Crippen LogP contribution < -0.4 is 0 Å². The highest BCUT2D eigenvalue weighted by Crippen LogP contribution is 2.08. The number of aromatic nitrogens is 5. The summed E-state index contributed by atoms with van der Waals surface area (Å²) < 4.78 is 1.73. The van der Waals surface area contributed by atoms with Crippen molar-refractivity contribution in [2.75, 3.05) is 0 Å². The molecule has 0 aliphatic heterocycles. The van der Waals surface area contributed by atoms with Gasteiger partial charge in [0.25, 0.3) is 0 Å². The van der Waals surface area contributed by atoms with Gasteiger partial charge in [0.15, 0.2) is 11.3 Å². The van der Waals surface area contributed by atoms with Crippen LogP contribution in [0.3, 0.4) is 0 Å². The molecule has 0 N–H and O–H groups in total. The molecule has 5 heteroatoms. The average molecular weight is 170 g/mol. The summed E-state index contributed by atoms with van der Waals surface area (Å²) in [5.74, 6) is 0. The molecule has 13 heavy (non-hydrogen) atoms. The van der Waals surface area contributed by atoms with Crippen molar-refractivity contribution in [3.63, 3.8) is 0 Å². The van der Waals surface area contributed by atoms with E-state index in [0.29, 0.717) is 11.3 Å². The highest BCUT2D eigenvalue weighted by atomic mass is 15.2. The van der Waals surface area contributed by atoms with Gasteiger partial charge in [0.1, 0.15) is 0 Å². The summed E-state index contributed by atoms with van der Waals surface area (Å²) in [6, 6.07) is 3.75. The van der Waals surface area contributed by atoms with E-state index in [2.05, 4.69) is 26.5 Å². The van der Waals surface area contributed by atoms with Crippen molar-refractivity contribution in [2.24, 2.45) is 0 Å². The predicted octanol–water partition coefficient (Wildman–Crippen LogP) is 0.473. The highest BCUT2D eigenvalue weighted by molar-refractivity contribution is 5.72. The predicted molar refractivity (Wildman–Crippen MR) is 44.9 cm³/mol. The van der Waals surface area contributed by atoms with Crippen LogP contribution in [0, 0.1) is 6.33 Å². The first-order valence-electron chi connectivity index (χ1n) is 3.78. The topological polar surface area (TPSA) is 56.0 Å². The van der Waals surface area contributed by atoms with E-state index in [9.17, 15) is 0 Å². The van der Waals surface area contributed by atoms with Gasteiger partial charge in [-0.1, -0.05) is 0 Å². The van der Waals surface area contributed by atoms with Crippen molar-refractivity contribution in [3.8, 4) is 0 Å². The zero-order valence-electron chi connectivity index (χ0n) is 6.55. The van der Waals surface area contributed by atoms with E-state index >= 15 is 0 Å². The number of hydrogen-bond acceptors (Lipinski definition) is 4. The first-order chi connectivity index (χ1) is 6.45. The molecular formula is C8H4N5. The molecule has 5 nitrogen and oxygen atoms in total. The molecule has 3 aromatic rings. The van der Waals surface area contributed by atoms with Crippen LogP contribution in [0.5, 0.6) is 0 Å². The Bertz CT molecular complexity index is 571. The quantitative estimate of drug-likeness (QED) is 0.492. The Kier molecular flexibility index (Phi) is 1.11. The number of fused-ring (bicyclic) bond motifs is 3. The maximum atomic E-state index is 4.13. The fourth-order valence-electron chi connectivity index (χ4n) is 1.26. The van der Waals surface area contributed by atoms with E-state index in [-0.39, 0.29) is 0 Å². The van der Waals surface area contributed by atoms with Gasteiger partial charge in [-0.2, -0.15) is 0 Å². The number of pyridine rings is 1. The molecule has 1 radical (unpaired) electrons. The summed E-state index contributed by atoms with van der Waals surface area (Å²) in [5.41, 5.74) is 2.22. The minimum atomic E-state index is 0.672. The van der Waals surface area contributed by atoms with Crippen LogP contribution in [0.1, 0.15) is 0 Å². The molecule has 0 spiro atoms. The first-order valence-corrected chi connectivity index (χ1v) is 3.78. The Balaban J connectivity index is 2.65. The Labute approximate surface area is 73.1 Å². The summed E-state index contributed by atoms with van der Waals surface area (Å²) in [6.45, 7) is 0. The smallest absolute Gasteiger partial charge is 0.207 e. The fourth-order valence-corrected chi connectivity index (χ4v) is 1.26. The summed E-state index contributed by atoms with van der Waals surface area (Å²) in [7, 11) is 0. The van der Waals surface area contributed by atoms with Crippen LogP contribution >= 0.6 is 0 Å². The third kappa shape index (κ3) is 0.807. The molecule has 0 saturated carbocycles. The van der Waals surface area contributed by atoms with E-state index < -0.39 is 0 Å². The number of hydrogen-bond donors (Lipinski definition) is 0. The zero-order valence-corrected chi connectivity index (χ0v) is 6.55. The molecule has 3 aromatic heterocycles. The van der Waals surface area contributed by atoms with Gasteiger partial charge in [0.2, 0.25) is 6.33 Å². The highest BCUT2D eigenvalue weighted by Gasteiger charge is 2.01. The van der Waals surface area contributed by atoms with E-state index in [1.54, 1.807) is 16.8 Å². The lowest BCUT2D eigenvalue weighted by Gasteiger charge is -1.96. The molecule has 0 aliphatic rings. The molecule has 0 aromatic carbocycles. The second kappa shape index (κ2) is 2.22. The van der Waals surface area contributed by atoms with Crippen molar-refractivity contribution in [3.05, 3.63) is 30.9 Å². The molecule has 0 unspecified atom stereocenters. The van der Waals surface area contributed by atoms with Gasteiger partial charge in [0.05, 0.1) is 11.7 Å². The lowest BCUT2D eigenvalue weighted by molar-refractivity contribution is 1.10. The fraction of sp³-hybridized carbons (Fsp3) is 0. The second-order valence-electron chi connectivity index (χ2n) is 2.60. The molecular weight excluding hydrogens is 166 g/mol. The maximum absolute atomic E-state index is 4.13. The molecule has 0 saturated heterocycles. The van der Waals surface area contributed by atoms with Crippen molar-refractivity contribution < 1.29 is 0 Å². The van der Waals surface area contributed by atoms with E-state index in [1.807, 2.05) is 12.1 Å². The molecule has 0 aliphatic carbocycles. The van der Waals surface area contributed by atoms with E-state index in [0.717, 1.165) is 5.52 Å². The standard InChI is InChI=1S/C8H4N5/c1-2-6-8(9-3-1)10-4-7-12-11-5-13(6)7/h1-4H. The third-order valence-electron chi connectivity index (χ3n) is 1.84. The first kappa shape index (κ1) is 6.47. The molecule has 0 amide bonds. The van der Waals surface area contributed by atoms with Crippen LogP contribution in [-0.2, 0) is 0 Å². The average Bonchev–Trinajstić information content (AvgIpc) is 2.65. The minimum absolute atomic E-state index is 0.672. The van der Waals surface area contributed by atoms with E-state index in [4.69, 9.17) is 0 Å². The van der Waals surface area contributed by atoms with Gasteiger partial charge in [-0.05, 0) is 12.1 Å². The van der Waals surface area contributed by atoms with Crippen LogP contribution in [0.4, 0.5) is 0 Å². The molecule has 0 bridgehead atoms. The van der Waals surface area contributed by atoms with Crippen molar-refractivity contribution in [2.45, 2.75) is 0 Å². The molecule has 3 rings (SSSR count). The SMILES string of the molecule is [c]1nnc2cnc3ncccc3n12. The maximum Gasteiger partial charge on any atom is 0.207 e. The number of rotatable bonds is 0. The Morgan fingerprint density at radius 3 is 3.31 bits per heavy atom. The lowest BCUT2D eigenvalue weighted by atomic mass is 10.4. The Morgan fingerprint density at radius 2 is 2.31 bits per heavy atom. The summed E-state index contributed by atoms with van der Waals surface area (Å²) >= 11 is 0.